The Labute approximate surface area is 320 Å². The fourth-order valence-corrected chi connectivity index (χ4v) is 10.7. The van der Waals surface area contributed by atoms with E-state index in [9.17, 15) is 0 Å². The Morgan fingerprint density at radius 1 is 0.291 bits per heavy atom. The minimum Gasteiger partial charge on any atom is -0.457 e. The zero-order chi connectivity index (χ0) is 36.1. The van der Waals surface area contributed by atoms with Gasteiger partial charge in [-0.3, -0.25) is 0 Å². The van der Waals surface area contributed by atoms with Crippen LogP contribution in [0.5, 0.6) is 11.5 Å². The number of hydrogen-bond acceptors (Lipinski definition) is 1. The highest BCUT2D eigenvalue weighted by molar-refractivity contribution is 6.08. The van der Waals surface area contributed by atoms with Crippen LogP contribution in [-0.4, -0.2) is 0 Å². The summed E-state index contributed by atoms with van der Waals surface area (Å²) in [5.74, 6) is 1.76. The summed E-state index contributed by atoms with van der Waals surface area (Å²) in [6, 6.07) is 76.2. The van der Waals surface area contributed by atoms with Crippen LogP contribution in [0.4, 0.5) is 0 Å². The molecule has 1 unspecified atom stereocenters. The van der Waals surface area contributed by atoms with Crippen molar-refractivity contribution < 1.29 is 4.74 Å². The zero-order valence-electron chi connectivity index (χ0n) is 30.0. The van der Waals surface area contributed by atoms with Crippen LogP contribution in [0.2, 0.25) is 0 Å². The van der Waals surface area contributed by atoms with E-state index in [0.29, 0.717) is 0 Å². The molecule has 1 spiro atoms. The summed E-state index contributed by atoms with van der Waals surface area (Å²) in [5.41, 5.74) is 16.4. The van der Waals surface area contributed by atoms with Crippen molar-refractivity contribution in [2.75, 3.05) is 0 Å². The average Bonchev–Trinajstić information content (AvgIpc) is 3.56. The van der Waals surface area contributed by atoms with Gasteiger partial charge in [0.15, 0.2) is 0 Å². The molecule has 0 amide bonds. The molecule has 0 saturated heterocycles. The molecule has 1 aliphatic heterocycles. The van der Waals surface area contributed by atoms with Crippen molar-refractivity contribution in [2.24, 2.45) is 0 Å². The van der Waals surface area contributed by atoms with E-state index in [4.69, 9.17) is 4.74 Å². The molecule has 1 heterocycles. The van der Waals surface area contributed by atoms with Gasteiger partial charge in [0, 0.05) is 11.1 Å². The zero-order valence-corrected chi connectivity index (χ0v) is 30.0. The fraction of sp³-hybridized carbons (Fsp3) is 0.0370. The highest BCUT2D eigenvalue weighted by atomic mass is 16.5. The Morgan fingerprint density at radius 3 is 1.55 bits per heavy atom. The summed E-state index contributed by atoms with van der Waals surface area (Å²) in [4.78, 5) is 0. The Bertz CT molecular complexity index is 2970. The molecule has 55 heavy (non-hydrogen) atoms. The number of para-hydroxylation sites is 1. The summed E-state index contributed by atoms with van der Waals surface area (Å²) in [6.07, 6.45) is 0. The third-order valence-electron chi connectivity index (χ3n) is 12.6. The first-order chi connectivity index (χ1) is 27.3. The standard InChI is InChI=1S/C54H34O/c1-3-19-36(20-4-1)53(37-21-5-2-6-22-37)45-30-11-12-33-48(45)55-49-34-16-27-41(52(49)53)40-26-15-32-47-51(40)42-24-8-10-29-44(42)54(47)43-28-9-7-23-38(43)39-25-13-17-35-18-14-31-46(54)50(35)39/h1-34H. The van der Waals surface area contributed by atoms with Crippen molar-refractivity contribution in [3.63, 3.8) is 0 Å². The lowest BCUT2D eigenvalue weighted by Crippen LogP contribution is -2.35. The third kappa shape index (κ3) is 3.82. The molecule has 12 rings (SSSR count). The molecule has 256 valence electrons. The highest BCUT2D eigenvalue weighted by Gasteiger charge is 2.52. The second-order valence-electron chi connectivity index (χ2n) is 15.0. The van der Waals surface area contributed by atoms with Crippen LogP contribution in [0.15, 0.2) is 206 Å². The third-order valence-corrected chi connectivity index (χ3v) is 12.6. The van der Waals surface area contributed by atoms with Crippen LogP contribution >= 0.6 is 0 Å². The number of benzene rings is 9. The van der Waals surface area contributed by atoms with Gasteiger partial charge < -0.3 is 4.74 Å². The van der Waals surface area contributed by atoms with Gasteiger partial charge in [-0.25, -0.2) is 0 Å². The van der Waals surface area contributed by atoms with Gasteiger partial charge >= 0.3 is 0 Å². The summed E-state index contributed by atoms with van der Waals surface area (Å²) in [6.45, 7) is 0. The number of ether oxygens (including phenoxy) is 1. The highest BCUT2D eigenvalue weighted by Crippen LogP contribution is 2.64. The number of rotatable bonds is 3. The van der Waals surface area contributed by atoms with E-state index in [-0.39, 0.29) is 0 Å². The van der Waals surface area contributed by atoms with E-state index in [1.807, 2.05) is 0 Å². The largest absolute Gasteiger partial charge is 0.457 e. The van der Waals surface area contributed by atoms with Crippen LogP contribution in [0.3, 0.4) is 0 Å². The van der Waals surface area contributed by atoms with Crippen molar-refractivity contribution in [1.29, 1.82) is 0 Å². The Kier molecular flexibility index (Phi) is 6.25. The summed E-state index contributed by atoms with van der Waals surface area (Å²) >= 11 is 0. The lowest BCUT2D eigenvalue weighted by Gasteiger charge is -2.43. The first-order valence-corrected chi connectivity index (χ1v) is 19.2. The van der Waals surface area contributed by atoms with Crippen molar-refractivity contribution in [3.8, 4) is 44.9 Å². The van der Waals surface area contributed by atoms with E-state index >= 15 is 0 Å². The Balaban J connectivity index is 1.24. The first-order valence-electron chi connectivity index (χ1n) is 19.2. The molecule has 2 aliphatic carbocycles. The second kappa shape index (κ2) is 11.3. The molecule has 1 atom stereocenters. The van der Waals surface area contributed by atoms with Crippen molar-refractivity contribution in [2.45, 2.75) is 10.8 Å². The van der Waals surface area contributed by atoms with Crippen LogP contribution in [0.1, 0.15) is 44.5 Å². The quantitative estimate of drug-likeness (QED) is 0.178. The van der Waals surface area contributed by atoms with Crippen LogP contribution < -0.4 is 4.74 Å². The molecule has 0 fully saturated rings. The van der Waals surface area contributed by atoms with Crippen LogP contribution in [0.25, 0.3) is 44.2 Å². The van der Waals surface area contributed by atoms with E-state index in [1.54, 1.807) is 0 Å². The molecule has 9 aromatic rings. The molecule has 1 heteroatoms. The summed E-state index contributed by atoms with van der Waals surface area (Å²) in [7, 11) is 0. The lowest BCUT2D eigenvalue weighted by atomic mass is 9.61. The molecular formula is C54H34O. The molecule has 9 aromatic carbocycles. The number of hydrogen-bond donors (Lipinski definition) is 0. The maximum Gasteiger partial charge on any atom is 0.132 e. The lowest BCUT2D eigenvalue weighted by molar-refractivity contribution is 0.435. The van der Waals surface area contributed by atoms with E-state index in [0.717, 1.165) is 22.6 Å². The van der Waals surface area contributed by atoms with Crippen LogP contribution in [0, 0.1) is 0 Å². The van der Waals surface area contributed by atoms with Gasteiger partial charge in [-0.2, -0.15) is 0 Å². The van der Waals surface area contributed by atoms with E-state index in [1.165, 1.54) is 77.5 Å². The maximum absolute atomic E-state index is 6.96. The smallest absolute Gasteiger partial charge is 0.132 e. The van der Waals surface area contributed by atoms with Gasteiger partial charge in [-0.1, -0.05) is 194 Å². The molecule has 0 aromatic heterocycles. The van der Waals surface area contributed by atoms with E-state index < -0.39 is 10.8 Å². The SMILES string of the molecule is c1ccc(C2(c3ccccc3)c3ccccc3Oc3cccc(-c4cccc5c4-c4ccccc4C54c5ccccc5-c5cccc6cccc4c56)c32)cc1. The molecule has 1 nitrogen and oxygen atoms in total. The predicted octanol–water partition coefficient (Wildman–Crippen LogP) is 13.3. The van der Waals surface area contributed by atoms with Gasteiger partial charge in [0.05, 0.1) is 10.8 Å². The molecular weight excluding hydrogens is 665 g/mol. The normalized spacial score (nSPS) is 16.4. The molecule has 0 saturated carbocycles. The predicted molar refractivity (Wildman–Crippen MR) is 224 cm³/mol. The fourth-order valence-electron chi connectivity index (χ4n) is 10.7. The Morgan fingerprint density at radius 2 is 0.782 bits per heavy atom. The summed E-state index contributed by atoms with van der Waals surface area (Å²) < 4.78 is 6.96. The van der Waals surface area contributed by atoms with Crippen LogP contribution in [-0.2, 0) is 10.8 Å². The average molecular weight is 699 g/mol. The van der Waals surface area contributed by atoms with Gasteiger partial charge in [0.1, 0.15) is 11.5 Å². The van der Waals surface area contributed by atoms with Crippen molar-refractivity contribution >= 4 is 10.8 Å². The van der Waals surface area contributed by atoms with Gasteiger partial charge in [-0.15, -0.1) is 0 Å². The monoisotopic (exact) mass is 698 g/mol. The van der Waals surface area contributed by atoms with E-state index in [2.05, 4.69) is 206 Å². The minimum absolute atomic E-state index is 0.500. The minimum atomic E-state index is -0.649. The number of fused-ring (bicyclic) bond motifs is 11. The van der Waals surface area contributed by atoms with Crippen molar-refractivity contribution in [3.05, 3.63) is 251 Å². The molecule has 0 bridgehead atoms. The molecule has 0 radical (unpaired) electrons. The first kappa shape index (κ1) is 30.5. The Hall–Kier alpha value is -6.96. The van der Waals surface area contributed by atoms with Gasteiger partial charge in [0.2, 0.25) is 0 Å². The van der Waals surface area contributed by atoms with Crippen molar-refractivity contribution in [1.82, 2.24) is 0 Å². The van der Waals surface area contributed by atoms with Gasteiger partial charge in [0.25, 0.3) is 0 Å². The molecule has 3 aliphatic rings. The second-order valence-corrected chi connectivity index (χ2v) is 15.0. The topological polar surface area (TPSA) is 9.23 Å². The maximum atomic E-state index is 6.96. The van der Waals surface area contributed by atoms with Gasteiger partial charge in [-0.05, 0) is 89.7 Å². The molecule has 0 N–H and O–H groups in total. The summed E-state index contributed by atoms with van der Waals surface area (Å²) in [5, 5.41) is 2.61.